The van der Waals surface area contributed by atoms with E-state index in [2.05, 4.69) is 0 Å². The van der Waals surface area contributed by atoms with Gasteiger partial charge in [-0.2, -0.15) is 0 Å². The molecule has 3 rings (SSSR count). The summed E-state index contributed by atoms with van der Waals surface area (Å²) >= 11 is 0. The molecule has 1 atom stereocenters. The lowest BCUT2D eigenvalue weighted by molar-refractivity contribution is -0.139. The maximum atomic E-state index is 12.6. The van der Waals surface area contributed by atoms with Crippen LogP contribution in [0.4, 0.5) is 0 Å². The molecule has 6 heteroatoms. The van der Waals surface area contributed by atoms with Crippen LogP contribution in [-0.2, 0) is 20.7 Å². The zero-order valence-corrected chi connectivity index (χ0v) is 16.0. The van der Waals surface area contributed by atoms with Crippen LogP contribution in [0, 0.1) is 5.92 Å². The standard InChI is InChI=1S/C21H28N2O4/c1-27-21(26)18-8-5-4-7-17(18)13-16-10-12-23(14-16)20(25)15-22-11-6-2-3-9-19(22)24/h4-5,7-8,16H,2-3,6,9-15H2,1H3. The van der Waals surface area contributed by atoms with Gasteiger partial charge in [-0.1, -0.05) is 24.6 Å². The summed E-state index contributed by atoms with van der Waals surface area (Å²) in [4.78, 5) is 40.3. The summed E-state index contributed by atoms with van der Waals surface area (Å²) in [6, 6.07) is 7.49. The molecule has 0 radical (unpaired) electrons. The minimum absolute atomic E-state index is 0.0361. The number of methoxy groups -OCH3 is 1. The maximum Gasteiger partial charge on any atom is 0.338 e. The van der Waals surface area contributed by atoms with Crippen LogP contribution in [0.5, 0.6) is 0 Å². The van der Waals surface area contributed by atoms with Gasteiger partial charge in [0.15, 0.2) is 0 Å². The Labute approximate surface area is 160 Å². The van der Waals surface area contributed by atoms with Crippen molar-refractivity contribution in [3.8, 4) is 0 Å². The summed E-state index contributed by atoms with van der Waals surface area (Å²) in [6.07, 6.45) is 5.18. The number of benzene rings is 1. The van der Waals surface area contributed by atoms with Crippen LogP contribution in [0.15, 0.2) is 24.3 Å². The summed E-state index contributed by atoms with van der Waals surface area (Å²) in [7, 11) is 1.39. The van der Waals surface area contributed by atoms with Gasteiger partial charge in [0.2, 0.25) is 11.8 Å². The normalized spacial score (nSPS) is 20.5. The molecule has 2 aliphatic heterocycles. The molecule has 146 valence electrons. The molecule has 27 heavy (non-hydrogen) atoms. The van der Waals surface area contributed by atoms with Gasteiger partial charge < -0.3 is 14.5 Å². The Balaban J connectivity index is 1.56. The minimum atomic E-state index is -0.323. The molecule has 2 fully saturated rings. The Bertz CT molecular complexity index is 703. The second kappa shape index (κ2) is 9.02. The predicted molar refractivity (Wildman–Crippen MR) is 101 cm³/mol. The summed E-state index contributed by atoms with van der Waals surface area (Å²) in [5.74, 6) is 0.133. The SMILES string of the molecule is COC(=O)c1ccccc1CC1CCN(C(=O)CN2CCCCCC2=O)C1. The molecule has 0 N–H and O–H groups in total. The van der Waals surface area contributed by atoms with Gasteiger partial charge >= 0.3 is 5.97 Å². The van der Waals surface area contributed by atoms with E-state index in [0.717, 1.165) is 37.7 Å². The van der Waals surface area contributed by atoms with Gasteiger partial charge in [0, 0.05) is 26.1 Å². The van der Waals surface area contributed by atoms with E-state index in [1.807, 2.05) is 23.1 Å². The van der Waals surface area contributed by atoms with Gasteiger partial charge in [0.1, 0.15) is 0 Å². The molecule has 0 bridgehead atoms. The smallest absolute Gasteiger partial charge is 0.338 e. The first-order chi connectivity index (χ1) is 13.1. The lowest BCUT2D eigenvalue weighted by Gasteiger charge is -2.24. The second-order valence-electron chi connectivity index (χ2n) is 7.47. The van der Waals surface area contributed by atoms with Crippen molar-refractivity contribution in [2.24, 2.45) is 5.92 Å². The molecule has 1 unspecified atom stereocenters. The highest BCUT2D eigenvalue weighted by Crippen LogP contribution is 2.23. The van der Waals surface area contributed by atoms with Crippen LogP contribution in [0.1, 0.15) is 48.0 Å². The molecule has 0 spiro atoms. The monoisotopic (exact) mass is 372 g/mol. The van der Waals surface area contributed by atoms with Gasteiger partial charge in [-0.05, 0) is 43.2 Å². The third-order valence-corrected chi connectivity index (χ3v) is 5.57. The van der Waals surface area contributed by atoms with E-state index < -0.39 is 0 Å². The Morgan fingerprint density at radius 1 is 1.15 bits per heavy atom. The number of ether oxygens (including phenoxy) is 1. The van der Waals surface area contributed by atoms with Crippen molar-refractivity contribution in [1.82, 2.24) is 9.80 Å². The first-order valence-corrected chi connectivity index (χ1v) is 9.80. The number of carbonyl (C=O) groups is 3. The highest BCUT2D eigenvalue weighted by Gasteiger charge is 2.29. The number of rotatable bonds is 5. The van der Waals surface area contributed by atoms with Crippen molar-refractivity contribution in [2.75, 3.05) is 33.3 Å². The van der Waals surface area contributed by atoms with Crippen molar-refractivity contribution >= 4 is 17.8 Å². The van der Waals surface area contributed by atoms with E-state index in [1.165, 1.54) is 7.11 Å². The number of esters is 1. The van der Waals surface area contributed by atoms with Gasteiger partial charge in [-0.3, -0.25) is 9.59 Å². The van der Waals surface area contributed by atoms with Crippen LogP contribution in [0.25, 0.3) is 0 Å². The number of likely N-dealkylation sites (tertiary alicyclic amines) is 2. The third kappa shape index (κ3) is 4.87. The molecule has 2 amide bonds. The topological polar surface area (TPSA) is 66.9 Å². The number of hydrogen-bond acceptors (Lipinski definition) is 4. The van der Waals surface area contributed by atoms with Crippen LogP contribution in [-0.4, -0.2) is 60.9 Å². The van der Waals surface area contributed by atoms with E-state index in [9.17, 15) is 14.4 Å². The van der Waals surface area contributed by atoms with Crippen molar-refractivity contribution < 1.29 is 19.1 Å². The Morgan fingerprint density at radius 2 is 1.96 bits per heavy atom. The van der Waals surface area contributed by atoms with Crippen molar-refractivity contribution in [3.63, 3.8) is 0 Å². The van der Waals surface area contributed by atoms with Crippen LogP contribution in [0.3, 0.4) is 0 Å². The fourth-order valence-corrected chi connectivity index (χ4v) is 4.01. The highest BCUT2D eigenvalue weighted by molar-refractivity contribution is 5.91. The second-order valence-corrected chi connectivity index (χ2v) is 7.47. The highest BCUT2D eigenvalue weighted by atomic mass is 16.5. The molecule has 0 aromatic heterocycles. The first kappa shape index (κ1) is 19.4. The van der Waals surface area contributed by atoms with Gasteiger partial charge in [0.25, 0.3) is 0 Å². The number of hydrogen-bond donors (Lipinski definition) is 0. The van der Waals surface area contributed by atoms with Crippen LogP contribution < -0.4 is 0 Å². The lowest BCUT2D eigenvalue weighted by Crippen LogP contribution is -2.42. The zero-order valence-electron chi connectivity index (χ0n) is 16.0. The molecule has 1 aromatic carbocycles. The molecular formula is C21H28N2O4. The molecule has 0 aliphatic carbocycles. The summed E-state index contributed by atoms with van der Waals surface area (Å²) in [5, 5.41) is 0. The average Bonchev–Trinajstić information content (AvgIpc) is 3.05. The van der Waals surface area contributed by atoms with Crippen molar-refractivity contribution in [2.45, 2.75) is 38.5 Å². The Hall–Kier alpha value is -2.37. The lowest BCUT2D eigenvalue weighted by atomic mass is 9.95. The fourth-order valence-electron chi connectivity index (χ4n) is 4.01. The van der Waals surface area contributed by atoms with Gasteiger partial charge in [0.05, 0.1) is 19.2 Å². The zero-order chi connectivity index (χ0) is 19.2. The third-order valence-electron chi connectivity index (χ3n) is 5.57. The minimum Gasteiger partial charge on any atom is -0.465 e. The molecular weight excluding hydrogens is 344 g/mol. The predicted octanol–water partition coefficient (Wildman–Crippen LogP) is 2.27. The van der Waals surface area contributed by atoms with E-state index >= 15 is 0 Å². The molecule has 6 nitrogen and oxygen atoms in total. The summed E-state index contributed by atoms with van der Waals surface area (Å²) < 4.78 is 4.86. The maximum absolute atomic E-state index is 12.6. The average molecular weight is 372 g/mol. The van der Waals surface area contributed by atoms with Crippen LogP contribution in [0.2, 0.25) is 0 Å². The number of nitrogens with zero attached hydrogens (tertiary/aromatic N) is 2. The Morgan fingerprint density at radius 3 is 2.78 bits per heavy atom. The van der Waals surface area contributed by atoms with E-state index in [4.69, 9.17) is 4.74 Å². The van der Waals surface area contributed by atoms with E-state index in [1.54, 1.807) is 11.0 Å². The molecule has 1 aromatic rings. The summed E-state index contributed by atoms with van der Waals surface area (Å²) in [6.45, 7) is 2.28. The van der Waals surface area contributed by atoms with Crippen molar-refractivity contribution in [3.05, 3.63) is 35.4 Å². The molecule has 2 saturated heterocycles. The Kier molecular flexibility index (Phi) is 6.48. The van der Waals surface area contributed by atoms with Gasteiger partial charge in [-0.15, -0.1) is 0 Å². The quantitative estimate of drug-likeness (QED) is 0.744. The largest absolute Gasteiger partial charge is 0.465 e. The number of amides is 2. The molecule has 2 heterocycles. The molecule has 2 aliphatic rings. The molecule has 0 saturated carbocycles. The van der Waals surface area contributed by atoms with E-state index in [0.29, 0.717) is 37.5 Å². The number of carbonyl (C=O) groups excluding carboxylic acids is 3. The van der Waals surface area contributed by atoms with Crippen LogP contribution >= 0.6 is 0 Å². The fraction of sp³-hybridized carbons (Fsp3) is 0.571. The van der Waals surface area contributed by atoms with Gasteiger partial charge in [-0.25, -0.2) is 4.79 Å². The van der Waals surface area contributed by atoms with E-state index in [-0.39, 0.29) is 24.3 Å². The van der Waals surface area contributed by atoms with Crippen molar-refractivity contribution in [1.29, 1.82) is 0 Å². The summed E-state index contributed by atoms with van der Waals surface area (Å²) in [5.41, 5.74) is 1.56. The first-order valence-electron chi connectivity index (χ1n) is 9.80.